The van der Waals surface area contributed by atoms with Gasteiger partial charge in [0.2, 0.25) is 0 Å². The molecule has 0 N–H and O–H groups in total. The minimum absolute atomic E-state index is 0.224. The first kappa shape index (κ1) is 19.9. The van der Waals surface area contributed by atoms with Gasteiger partial charge in [-0.2, -0.15) is 0 Å². The summed E-state index contributed by atoms with van der Waals surface area (Å²) in [5.74, 6) is -0.861. The summed E-state index contributed by atoms with van der Waals surface area (Å²) >= 11 is 0. The average Bonchev–Trinajstić information content (AvgIpc) is 2.38. The third-order valence-corrected chi connectivity index (χ3v) is 3.36. The average molecular weight is 302 g/mol. The number of hydrogen-bond donors (Lipinski definition) is 0. The highest BCUT2D eigenvalue weighted by Gasteiger charge is 2.51. The van der Waals surface area contributed by atoms with Gasteiger partial charge in [0.25, 0.3) is 0 Å². The molecular weight excluding hydrogens is 272 g/mol. The summed E-state index contributed by atoms with van der Waals surface area (Å²) in [6, 6.07) is 0. The molecule has 0 radical (unpaired) electrons. The van der Waals surface area contributed by atoms with E-state index in [2.05, 4.69) is 0 Å². The van der Waals surface area contributed by atoms with Gasteiger partial charge in [-0.1, -0.05) is 27.7 Å². The van der Waals surface area contributed by atoms with E-state index in [0.717, 1.165) is 0 Å². The summed E-state index contributed by atoms with van der Waals surface area (Å²) in [6.07, 6.45) is 0.273. The fourth-order valence-electron chi connectivity index (χ4n) is 2.12. The smallest absolute Gasteiger partial charge is 0.323 e. The second-order valence-electron chi connectivity index (χ2n) is 5.79. The van der Waals surface area contributed by atoms with E-state index in [1.165, 1.54) is 0 Å². The largest absolute Gasteiger partial charge is 0.465 e. The molecule has 0 aliphatic heterocycles. The zero-order chi connectivity index (χ0) is 16.5. The van der Waals surface area contributed by atoms with Crippen molar-refractivity contribution in [2.45, 2.75) is 48.0 Å². The third kappa shape index (κ3) is 5.65. The van der Waals surface area contributed by atoms with Gasteiger partial charge in [-0.3, -0.25) is 9.59 Å². The zero-order valence-electron chi connectivity index (χ0n) is 14.2. The van der Waals surface area contributed by atoms with E-state index >= 15 is 0 Å². The minimum Gasteiger partial charge on any atom is -0.465 e. The summed E-state index contributed by atoms with van der Waals surface area (Å²) < 4.78 is 15.8. The molecule has 0 aromatic carbocycles. The Labute approximate surface area is 128 Å². The normalized spacial score (nSPS) is 11.8. The fraction of sp³-hybridized carbons (Fsp3) is 0.875. The topological polar surface area (TPSA) is 61.8 Å². The standard InChI is InChI=1S/C16H30O5/c1-7-20-14(17)16(13(5)6,15(18)21-8-2)9-10-19-11-12(3)4/h12-13H,7-11H2,1-6H3. The van der Waals surface area contributed by atoms with E-state index in [4.69, 9.17) is 14.2 Å². The van der Waals surface area contributed by atoms with Crippen molar-refractivity contribution in [3.8, 4) is 0 Å². The predicted octanol–water partition coefficient (Wildman–Crippen LogP) is 2.82. The highest BCUT2D eigenvalue weighted by molar-refractivity contribution is 6.00. The molecule has 124 valence electrons. The van der Waals surface area contributed by atoms with Gasteiger partial charge < -0.3 is 14.2 Å². The van der Waals surface area contributed by atoms with Crippen molar-refractivity contribution in [1.82, 2.24) is 0 Å². The number of esters is 2. The molecule has 0 aromatic heterocycles. The van der Waals surface area contributed by atoms with Gasteiger partial charge >= 0.3 is 11.9 Å². The maximum atomic E-state index is 12.4. The zero-order valence-corrected chi connectivity index (χ0v) is 14.2. The monoisotopic (exact) mass is 302 g/mol. The molecule has 0 unspecified atom stereocenters. The number of rotatable bonds is 10. The lowest BCUT2D eigenvalue weighted by atomic mass is 9.74. The van der Waals surface area contributed by atoms with Crippen LogP contribution in [0.25, 0.3) is 0 Å². The lowest BCUT2D eigenvalue weighted by molar-refractivity contribution is -0.177. The summed E-state index contributed by atoms with van der Waals surface area (Å²) in [4.78, 5) is 24.7. The van der Waals surface area contributed by atoms with Crippen molar-refractivity contribution in [3.63, 3.8) is 0 Å². The predicted molar refractivity (Wildman–Crippen MR) is 80.8 cm³/mol. The molecule has 0 aliphatic rings. The summed E-state index contributed by atoms with van der Waals surface area (Å²) in [7, 11) is 0. The summed E-state index contributed by atoms with van der Waals surface area (Å²) in [5, 5.41) is 0. The van der Waals surface area contributed by atoms with Crippen LogP contribution in [0, 0.1) is 17.3 Å². The van der Waals surface area contributed by atoms with Gasteiger partial charge in [-0.25, -0.2) is 0 Å². The Hall–Kier alpha value is -1.10. The molecule has 0 fully saturated rings. The van der Waals surface area contributed by atoms with Gasteiger partial charge in [0.05, 0.1) is 13.2 Å². The van der Waals surface area contributed by atoms with Gasteiger partial charge in [-0.05, 0) is 32.1 Å². The van der Waals surface area contributed by atoms with Gasteiger partial charge in [0, 0.05) is 13.2 Å². The number of carbonyl (C=O) groups excluding carboxylic acids is 2. The molecule has 5 heteroatoms. The molecule has 0 heterocycles. The molecule has 0 saturated carbocycles. The molecule has 0 spiro atoms. The molecule has 5 nitrogen and oxygen atoms in total. The quantitative estimate of drug-likeness (QED) is 0.353. The SMILES string of the molecule is CCOC(=O)C(CCOCC(C)C)(C(=O)OCC)C(C)C. The van der Waals surface area contributed by atoms with Crippen LogP contribution >= 0.6 is 0 Å². The van der Waals surface area contributed by atoms with Crippen LogP contribution in [-0.2, 0) is 23.8 Å². The van der Waals surface area contributed by atoms with Gasteiger partial charge in [0.1, 0.15) is 0 Å². The van der Waals surface area contributed by atoms with E-state index in [1.807, 2.05) is 27.7 Å². The molecule has 0 atom stereocenters. The molecular formula is C16H30O5. The lowest BCUT2D eigenvalue weighted by Gasteiger charge is -2.32. The Morgan fingerprint density at radius 2 is 1.43 bits per heavy atom. The Morgan fingerprint density at radius 3 is 1.76 bits per heavy atom. The van der Waals surface area contributed by atoms with E-state index < -0.39 is 17.4 Å². The number of ether oxygens (including phenoxy) is 3. The van der Waals surface area contributed by atoms with Crippen LogP contribution in [0.4, 0.5) is 0 Å². The number of carbonyl (C=O) groups is 2. The molecule has 0 aliphatic carbocycles. The summed E-state index contributed by atoms with van der Waals surface area (Å²) in [5.41, 5.74) is -1.29. The molecule has 0 bridgehead atoms. The van der Waals surface area contributed by atoms with Crippen molar-refractivity contribution >= 4 is 11.9 Å². The van der Waals surface area contributed by atoms with Crippen LogP contribution in [0.1, 0.15) is 48.0 Å². The van der Waals surface area contributed by atoms with Gasteiger partial charge in [0.15, 0.2) is 5.41 Å². The molecule has 21 heavy (non-hydrogen) atoms. The van der Waals surface area contributed by atoms with Crippen molar-refractivity contribution in [1.29, 1.82) is 0 Å². The molecule has 0 saturated heterocycles. The van der Waals surface area contributed by atoms with Crippen LogP contribution in [0.3, 0.4) is 0 Å². The van der Waals surface area contributed by atoms with Crippen molar-refractivity contribution < 1.29 is 23.8 Å². The van der Waals surface area contributed by atoms with E-state index in [-0.39, 0.29) is 25.6 Å². The van der Waals surface area contributed by atoms with E-state index in [9.17, 15) is 9.59 Å². The van der Waals surface area contributed by atoms with Crippen molar-refractivity contribution in [3.05, 3.63) is 0 Å². The number of hydrogen-bond acceptors (Lipinski definition) is 5. The molecule has 0 aromatic rings. The second-order valence-corrected chi connectivity index (χ2v) is 5.79. The maximum absolute atomic E-state index is 12.4. The lowest BCUT2D eigenvalue weighted by Crippen LogP contribution is -2.47. The maximum Gasteiger partial charge on any atom is 0.323 e. The van der Waals surface area contributed by atoms with Crippen LogP contribution in [0.15, 0.2) is 0 Å². The van der Waals surface area contributed by atoms with E-state index in [0.29, 0.717) is 19.1 Å². The Balaban J connectivity index is 5.09. The van der Waals surface area contributed by atoms with Crippen LogP contribution < -0.4 is 0 Å². The Kier molecular flexibility index (Phi) is 9.26. The summed E-state index contributed by atoms with van der Waals surface area (Å²) in [6.45, 7) is 12.6. The Bertz CT molecular complexity index is 305. The van der Waals surface area contributed by atoms with Crippen molar-refractivity contribution in [2.75, 3.05) is 26.4 Å². The highest BCUT2D eigenvalue weighted by Crippen LogP contribution is 2.35. The third-order valence-electron chi connectivity index (χ3n) is 3.36. The van der Waals surface area contributed by atoms with Crippen LogP contribution in [0.5, 0.6) is 0 Å². The van der Waals surface area contributed by atoms with E-state index in [1.54, 1.807) is 13.8 Å². The van der Waals surface area contributed by atoms with Crippen LogP contribution in [0.2, 0.25) is 0 Å². The second kappa shape index (κ2) is 9.77. The highest BCUT2D eigenvalue weighted by atomic mass is 16.6. The van der Waals surface area contributed by atoms with Gasteiger partial charge in [-0.15, -0.1) is 0 Å². The molecule has 0 amide bonds. The fourth-order valence-corrected chi connectivity index (χ4v) is 2.12. The molecule has 0 rings (SSSR count). The Morgan fingerprint density at radius 1 is 0.952 bits per heavy atom. The first-order chi connectivity index (χ1) is 9.82. The first-order valence-corrected chi connectivity index (χ1v) is 7.75. The first-order valence-electron chi connectivity index (χ1n) is 7.75. The van der Waals surface area contributed by atoms with Crippen molar-refractivity contribution in [2.24, 2.45) is 17.3 Å². The van der Waals surface area contributed by atoms with Crippen LogP contribution in [-0.4, -0.2) is 38.4 Å². The minimum atomic E-state index is -1.29.